The summed E-state index contributed by atoms with van der Waals surface area (Å²) in [6.07, 6.45) is 1.62. The molecule has 2 heterocycles. The largest absolute Gasteiger partial charge is 0.353 e. The van der Waals surface area contributed by atoms with Crippen LogP contribution in [-0.4, -0.2) is 47.1 Å². The Balaban J connectivity index is 1.33. The number of aromatic nitrogens is 2. The number of urea groups is 1. The molecule has 30 heavy (non-hydrogen) atoms. The van der Waals surface area contributed by atoms with E-state index >= 15 is 0 Å². The van der Waals surface area contributed by atoms with Crippen molar-refractivity contribution in [2.24, 2.45) is 0 Å². The third-order valence-electron chi connectivity index (χ3n) is 5.42. The minimum absolute atomic E-state index is 0.0154. The van der Waals surface area contributed by atoms with Gasteiger partial charge in [0.15, 0.2) is 0 Å². The summed E-state index contributed by atoms with van der Waals surface area (Å²) in [5.41, 5.74) is 5.54. The molecule has 2 amide bonds. The lowest BCUT2D eigenvalue weighted by Gasteiger charge is -2.35. The van der Waals surface area contributed by atoms with Crippen molar-refractivity contribution in [2.75, 3.05) is 31.1 Å². The monoisotopic (exact) mass is 401 g/mol. The molecule has 6 nitrogen and oxygen atoms in total. The third kappa shape index (κ3) is 4.76. The molecule has 6 heteroatoms. The molecule has 1 aliphatic rings. The zero-order valence-electron chi connectivity index (χ0n) is 17.5. The Kier molecular flexibility index (Phi) is 5.93. The molecule has 4 rings (SSSR count). The quantitative estimate of drug-likeness (QED) is 0.723. The number of rotatable bonds is 4. The summed E-state index contributed by atoms with van der Waals surface area (Å²) < 4.78 is 0. The van der Waals surface area contributed by atoms with Crippen LogP contribution in [0.25, 0.3) is 11.3 Å². The van der Waals surface area contributed by atoms with Crippen LogP contribution in [0.2, 0.25) is 0 Å². The average molecular weight is 402 g/mol. The van der Waals surface area contributed by atoms with Crippen molar-refractivity contribution >= 4 is 11.8 Å². The molecule has 3 aromatic rings. The van der Waals surface area contributed by atoms with Gasteiger partial charge in [-0.3, -0.25) is 0 Å². The van der Waals surface area contributed by atoms with Crippen LogP contribution in [0, 0.1) is 13.8 Å². The Labute approximate surface area is 177 Å². The first-order chi connectivity index (χ1) is 14.6. The van der Waals surface area contributed by atoms with Gasteiger partial charge in [0.2, 0.25) is 0 Å². The number of benzene rings is 2. The maximum Gasteiger partial charge on any atom is 0.317 e. The molecule has 0 bridgehead atoms. The average Bonchev–Trinajstić information content (AvgIpc) is 2.79. The lowest BCUT2D eigenvalue weighted by atomic mass is 10.1. The Morgan fingerprint density at radius 2 is 1.70 bits per heavy atom. The molecule has 1 N–H and O–H groups in total. The second-order valence-corrected chi connectivity index (χ2v) is 7.75. The SMILES string of the molecule is Cc1ccc(CNC(=O)N2CCN(c3cc(-c4cccc(C)c4)ncn3)CC2)cc1. The van der Waals surface area contributed by atoms with Crippen LogP contribution >= 0.6 is 0 Å². The highest BCUT2D eigenvalue weighted by Gasteiger charge is 2.22. The van der Waals surface area contributed by atoms with E-state index < -0.39 is 0 Å². The van der Waals surface area contributed by atoms with E-state index in [-0.39, 0.29) is 6.03 Å². The van der Waals surface area contributed by atoms with E-state index in [4.69, 9.17) is 0 Å². The Bertz CT molecular complexity index is 1010. The Hall–Kier alpha value is -3.41. The Morgan fingerprint density at radius 1 is 0.933 bits per heavy atom. The smallest absolute Gasteiger partial charge is 0.317 e. The van der Waals surface area contributed by atoms with E-state index in [2.05, 4.69) is 76.5 Å². The first-order valence-corrected chi connectivity index (χ1v) is 10.3. The van der Waals surface area contributed by atoms with Crippen LogP contribution in [0.4, 0.5) is 10.6 Å². The molecule has 1 aromatic heterocycles. The van der Waals surface area contributed by atoms with E-state index in [0.717, 1.165) is 35.7 Å². The molecular weight excluding hydrogens is 374 g/mol. The molecule has 0 radical (unpaired) electrons. The number of amides is 2. The van der Waals surface area contributed by atoms with Crippen LogP contribution < -0.4 is 10.2 Å². The van der Waals surface area contributed by atoms with Crippen molar-refractivity contribution in [1.29, 1.82) is 0 Å². The summed E-state index contributed by atoms with van der Waals surface area (Å²) >= 11 is 0. The van der Waals surface area contributed by atoms with Gasteiger partial charge in [0.05, 0.1) is 5.69 Å². The van der Waals surface area contributed by atoms with E-state index in [0.29, 0.717) is 19.6 Å². The maximum atomic E-state index is 12.5. The van der Waals surface area contributed by atoms with Gasteiger partial charge in [0, 0.05) is 44.4 Å². The molecule has 0 saturated carbocycles. The second-order valence-electron chi connectivity index (χ2n) is 7.75. The normalized spacial score (nSPS) is 13.9. The number of aryl methyl sites for hydroxylation is 2. The number of hydrogen-bond acceptors (Lipinski definition) is 4. The van der Waals surface area contributed by atoms with Crippen molar-refractivity contribution in [1.82, 2.24) is 20.2 Å². The number of nitrogens with zero attached hydrogens (tertiary/aromatic N) is 4. The number of piperazine rings is 1. The molecule has 0 spiro atoms. The molecular formula is C24H27N5O. The van der Waals surface area contributed by atoms with Gasteiger partial charge in [0.25, 0.3) is 0 Å². The molecule has 0 atom stereocenters. The van der Waals surface area contributed by atoms with Gasteiger partial charge in [-0.25, -0.2) is 14.8 Å². The Morgan fingerprint density at radius 3 is 2.43 bits per heavy atom. The van der Waals surface area contributed by atoms with Gasteiger partial charge in [-0.2, -0.15) is 0 Å². The van der Waals surface area contributed by atoms with Gasteiger partial charge in [0.1, 0.15) is 12.1 Å². The van der Waals surface area contributed by atoms with Crippen LogP contribution in [0.3, 0.4) is 0 Å². The summed E-state index contributed by atoms with van der Waals surface area (Å²) in [5, 5.41) is 3.02. The van der Waals surface area contributed by atoms with Gasteiger partial charge in [-0.05, 0) is 25.5 Å². The van der Waals surface area contributed by atoms with Gasteiger partial charge >= 0.3 is 6.03 Å². The molecule has 0 unspecified atom stereocenters. The maximum absolute atomic E-state index is 12.5. The van der Waals surface area contributed by atoms with E-state index in [1.807, 2.05) is 17.0 Å². The molecule has 1 fully saturated rings. The van der Waals surface area contributed by atoms with Crippen molar-refractivity contribution in [3.05, 3.63) is 77.6 Å². The van der Waals surface area contributed by atoms with Gasteiger partial charge < -0.3 is 15.1 Å². The molecule has 154 valence electrons. The predicted molar refractivity (Wildman–Crippen MR) is 119 cm³/mol. The summed E-state index contributed by atoms with van der Waals surface area (Å²) in [6, 6.07) is 18.6. The highest BCUT2D eigenvalue weighted by atomic mass is 16.2. The number of anilines is 1. The lowest BCUT2D eigenvalue weighted by Crippen LogP contribution is -2.51. The summed E-state index contributed by atoms with van der Waals surface area (Å²) in [7, 11) is 0. The van der Waals surface area contributed by atoms with Crippen molar-refractivity contribution in [3.8, 4) is 11.3 Å². The molecule has 1 aliphatic heterocycles. The lowest BCUT2D eigenvalue weighted by molar-refractivity contribution is 0.194. The zero-order chi connectivity index (χ0) is 20.9. The molecule has 2 aromatic carbocycles. The number of carbonyl (C=O) groups excluding carboxylic acids is 1. The van der Waals surface area contributed by atoms with Crippen LogP contribution in [0.5, 0.6) is 0 Å². The van der Waals surface area contributed by atoms with Crippen LogP contribution in [-0.2, 0) is 6.54 Å². The third-order valence-corrected chi connectivity index (χ3v) is 5.42. The van der Waals surface area contributed by atoms with E-state index in [9.17, 15) is 4.79 Å². The fraction of sp³-hybridized carbons (Fsp3) is 0.292. The second kappa shape index (κ2) is 8.95. The number of carbonyl (C=O) groups is 1. The number of nitrogens with one attached hydrogen (secondary N) is 1. The summed E-state index contributed by atoms with van der Waals surface area (Å²) in [6.45, 7) is 7.53. The topological polar surface area (TPSA) is 61.4 Å². The van der Waals surface area contributed by atoms with Gasteiger partial charge in [-0.15, -0.1) is 0 Å². The van der Waals surface area contributed by atoms with Crippen molar-refractivity contribution < 1.29 is 4.79 Å². The van der Waals surface area contributed by atoms with E-state index in [1.165, 1.54) is 11.1 Å². The number of hydrogen-bond donors (Lipinski definition) is 1. The predicted octanol–water partition coefficient (Wildman–Crippen LogP) is 3.79. The van der Waals surface area contributed by atoms with Gasteiger partial charge in [-0.1, -0.05) is 53.6 Å². The first-order valence-electron chi connectivity index (χ1n) is 10.3. The van der Waals surface area contributed by atoms with Crippen molar-refractivity contribution in [2.45, 2.75) is 20.4 Å². The minimum Gasteiger partial charge on any atom is -0.353 e. The molecule has 1 saturated heterocycles. The van der Waals surface area contributed by atoms with Crippen LogP contribution in [0.15, 0.2) is 60.9 Å². The highest BCUT2D eigenvalue weighted by Crippen LogP contribution is 2.22. The highest BCUT2D eigenvalue weighted by molar-refractivity contribution is 5.74. The fourth-order valence-corrected chi connectivity index (χ4v) is 3.62. The standard InChI is InChI=1S/C24H27N5O/c1-18-6-8-20(9-7-18)16-25-24(30)29-12-10-28(11-13-29)23-15-22(26-17-27-23)21-5-3-4-19(2)14-21/h3-9,14-15,17H,10-13,16H2,1-2H3,(H,25,30). The minimum atomic E-state index is -0.0154. The fourth-order valence-electron chi connectivity index (χ4n) is 3.62. The van der Waals surface area contributed by atoms with Crippen LogP contribution in [0.1, 0.15) is 16.7 Å². The van der Waals surface area contributed by atoms with E-state index in [1.54, 1.807) is 6.33 Å². The van der Waals surface area contributed by atoms with Crippen molar-refractivity contribution in [3.63, 3.8) is 0 Å². The molecule has 0 aliphatic carbocycles. The first kappa shape index (κ1) is 19.9. The zero-order valence-corrected chi connectivity index (χ0v) is 17.5. The summed E-state index contributed by atoms with van der Waals surface area (Å²) in [4.78, 5) is 25.5. The summed E-state index contributed by atoms with van der Waals surface area (Å²) in [5.74, 6) is 0.904.